The molecule has 1 fully saturated rings. The molecule has 0 bridgehead atoms. The van der Waals surface area contributed by atoms with E-state index in [4.69, 9.17) is 21.7 Å². The van der Waals surface area contributed by atoms with Gasteiger partial charge < -0.3 is 9.47 Å². The van der Waals surface area contributed by atoms with Crippen molar-refractivity contribution in [3.63, 3.8) is 0 Å². The molecule has 2 aromatic carbocycles. The first-order valence-electron chi connectivity index (χ1n) is 8.25. The molecular weight excluding hydrogens is 491 g/mol. The second kappa shape index (κ2) is 8.27. The van der Waals surface area contributed by atoms with Crippen LogP contribution in [0.3, 0.4) is 0 Å². The largest absolute Gasteiger partial charge is 0.493 e. The lowest BCUT2D eigenvalue weighted by Gasteiger charge is -2.29. The number of amides is 2. The van der Waals surface area contributed by atoms with Crippen LogP contribution in [-0.2, 0) is 9.59 Å². The Balaban J connectivity index is 2.04. The number of ether oxygens (including phenoxy) is 2. The van der Waals surface area contributed by atoms with Gasteiger partial charge in [-0.15, -0.1) is 0 Å². The van der Waals surface area contributed by atoms with Gasteiger partial charge in [-0.1, -0.05) is 17.7 Å². The summed E-state index contributed by atoms with van der Waals surface area (Å²) in [4.78, 5) is 26.8. The Kier molecular flexibility index (Phi) is 5.99. The van der Waals surface area contributed by atoms with Crippen molar-refractivity contribution < 1.29 is 19.1 Å². The van der Waals surface area contributed by atoms with Gasteiger partial charge in [0.25, 0.3) is 11.8 Å². The highest BCUT2D eigenvalue weighted by Crippen LogP contribution is 2.34. The van der Waals surface area contributed by atoms with Gasteiger partial charge in [-0.2, -0.15) is 0 Å². The minimum atomic E-state index is -0.539. The standard InChI is InChI=1S/C20H17IN2O4S/c1-11-4-6-13(7-5-11)23-19(25)14(18(24)22-20(23)28)8-12-9-15(21)17(27-3)16(10-12)26-2/h4-10H,1-3H3,(H,22,24,28). The van der Waals surface area contributed by atoms with Crippen LogP contribution in [0.1, 0.15) is 11.1 Å². The van der Waals surface area contributed by atoms with Crippen LogP contribution in [0, 0.1) is 10.5 Å². The van der Waals surface area contributed by atoms with Crippen molar-refractivity contribution >= 4 is 63.5 Å². The first-order chi connectivity index (χ1) is 13.3. The van der Waals surface area contributed by atoms with Crippen LogP contribution < -0.4 is 19.7 Å². The molecule has 0 aliphatic carbocycles. The maximum absolute atomic E-state index is 13.1. The number of carbonyl (C=O) groups is 2. The molecule has 2 amide bonds. The van der Waals surface area contributed by atoms with Gasteiger partial charge in [0.1, 0.15) is 5.57 Å². The van der Waals surface area contributed by atoms with Crippen LogP contribution in [-0.4, -0.2) is 31.1 Å². The number of halogens is 1. The quantitative estimate of drug-likeness (QED) is 0.297. The number of aryl methyl sites for hydroxylation is 1. The Bertz CT molecular complexity index is 1000. The highest BCUT2D eigenvalue weighted by molar-refractivity contribution is 14.1. The van der Waals surface area contributed by atoms with Crippen molar-refractivity contribution in [2.45, 2.75) is 6.92 Å². The number of nitrogens with one attached hydrogen (secondary N) is 1. The van der Waals surface area contributed by atoms with Crippen molar-refractivity contribution in [1.29, 1.82) is 0 Å². The van der Waals surface area contributed by atoms with Crippen molar-refractivity contribution in [3.05, 3.63) is 56.7 Å². The first kappa shape index (κ1) is 20.3. The summed E-state index contributed by atoms with van der Waals surface area (Å²) in [5.41, 5.74) is 2.27. The zero-order valence-corrected chi connectivity index (χ0v) is 18.4. The second-order valence-corrected chi connectivity index (χ2v) is 7.58. The molecule has 0 spiro atoms. The number of hydrogen-bond acceptors (Lipinski definition) is 5. The fourth-order valence-corrected chi connectivity index (χ4v) is 3.90. The fraction of sp³-hybridized carbons (Fsp3) is 0.150. The van der Waals surface area contributed by atoms with E-state index in [0.717, 1.165) is 9.13 Å². The minimum Gasteiger partial charge on any atom is -0.493 e. The van der Waals surface area contributed by atoms with Gasteiger partial charge in [0, 0.05) is 0 Å². The zero-order valence-electron chi connectivity index (χ0n) is 15.4. The Morgan fingerprint density at radius 3 is 2.39 bits per heavy atom. The molecule has 0 radical (unpaired) electrons. The Hall–Kier alpha value is -2.46. The average molecular weight is 508 g/mol. The molecule has 1 aliphatic heterocycles. The lowest BCUT2D eigenvalue weighted by molar-refractivity contribution is -0.122. The third-order valence-corrected chi connectivity index (χ3v) is 5.25. The average Bonchev–Trinajstić information content (AvgIpc) is 2.66. The molecule has 0 atom stereocenters. The summed E-state index contributed by atoms with van der Waals surface area (Å²) >= 11 is 7.32. The molecule has 0 saturated carbocycles. The van der Waals surface area contributed by atoms with E-state index in [2.05, 4.69) is 27.9 Å². The summed E-state index contributed by atoms with van der Waals surface area (Å²) in [6, 6.07) is 10.8. The van der Waals surface area contributed by atoms with Crippen molar-refractivity contribution in [1.82, 2.24) is 5.32 Å². The van der Waals surface area contributed by atoms with Gasteiger partial charge in [-0.3, -0.25) is 19.8 Å². The molecule has 1 N–H and O–H groups in total. The van der Waals surface area contributed by atoms with E-state index >= 15 is 0 Å². The van der Waals surface area contributed by atoms with E-state index < -0.39 is 11.8 Å². The highest BCUT2D eigenvalue weighted by atomic mass is 127. The summed E-state index contributed by atoms with van der Waals surface area (Å²) < 4.78 is 11.5. The van der Waals surface area contributed by atoms with E-state index in [1.165, 1.54) is 18.1 Å². The van der Waals surface area contributed by atoms with E-state index in [9.17, 15) is 9.59 Å². The second-order valence-electron chi connectivity index (χ2n) is 6.03. The molecule has 6 nitrogen and oxygen atoms in total. The SMILES string of the molecule is COc1cc(C=C2C(=O)NC(=S)N(c3ccc(C)cc3)C2=O)cc(I)c1OC. The lowest BCUT2D eigenvalue weighted by Crippen LogP contribution is -2.54. The van der Waals surface area contributed by atoms with Crippen molar-refractivity contribution in [2.24, 2.45) is 0 Å². The summed E-state index contributed by atoms with van der Waals surface area (Å²) in [5.74, 6) is 0.0773. The molecule has 0 aromatic heterocycles. The molecule has 1 saturated heterocycles. The minimum absolute atomic E-state index is 0.0165. The summed E-state index contributed by atoms with van der Waals surface area (Å²) in [7, 11) is 3.08. The monoisotopic (exact) mass is 508 g/mol. The predicted molar refractivity (Wildman–Crippen MR) is 120 cm³/mol. The number of benzene rings is 2. The Morgan fingerprint density at radius 1 is 1.11 bits per heavy atom. The van der Waals surface area contributed by atoms with Crippen molar-refractivity contribution in [2.75, 3.05) is 19.1 Å². The van der Waals surface area contributed by atoms with E-state index in [0.29, 0.717) is 22.7 Å². The molecule has 144 valence electrons. The van der Waals surface area contributed by atoms with E-state index in [-0.39, 0.29) is 10.7 Å². The predicted octanol–water partition coefficient (Wildman–Crippen LogP) is 3.45. The number of rotatable bonds is 4. The normalized spacial score (nSPS) is 15.6. The van der Waals surface area contributed by atoms with Crippen LogP contribution in [0.15, 0.2) is 42.0 Å². The first-order valence-corrected chi connectivity index (χ1v) is 9.74. The highest BCUT2D eigenvalue weighted by Gasteiger charge is 2.34. The maximum atomic E-state index is 13.1. The number of hydrogen-bond donors (Lipinski definition) is 1. The van der Waals surface area contributed by atoms with Gasteiger partial charge in [-0.05, 0) is 77.6 Å². The smallest absolute Gasteiger partial charge is 0.270 e. The third-order valence-electron chi connectivity index (χ3n) is 4.16. The number of nitrogens with zero attached hydrogens (tertiary/aromatic N) is 1. The van der Waals surface area contributed by atoms with Crippen LogP contribution >= 0.6 is 34.8 Å². The molecule has 1 heterocycles. The van der Waals surface area contributed by atoms with E-state index in [1.54, 1.807) is 31.4 Å². The number of carbonyl (C=O) groups excluding carboxylic acids is 2. The summed E-state index contributed by atoms with van der Waals surface area (Å²) in [5, 5.41) is 2.63. The molecule has 8 heteroatoms. The van der Waals surface area contributed by atoms with Gasteiger partial charge in [0.05, 0.1) is 23.5 Å². The van der Waals surface area contributed by atoms with Gasteiger partial charge in [-0.25, -0.2) is 0 Å². The summed E-state index contributed by atoms with van der Waals surface area (Å²) in [6.07, 6.45) is 1.52. The van der Waals surface area contributed by atoms with Gasteiger partial charge >= 0.3 is 0 Å². The topological polar surface area (TPSA) is 67.9 Å². The molecule has 0 unspecified atom stereocenters. The van der Waals surface area contributed by atoms with Crippen LogP contribution in [0.2, 0.25) is 0 Å². The molecule has 2 aromatic rings. The molecule has 1 aliphatic rings. The number of anilines is 1. The van der Waals surface area contributed by atoms with Gasteiger partial charge in [0.2, 0.25) is 0 Å². The van der Waals surface area contributed by atoms with Crippen LogP contribution in [0.5, 0.6) is 11.5 Å². The number of methoxy groups -OCH3 is 2. The van der Waals surface area contributed by atoms with Crippen molar-refractivity contribution in [3.8, 4) is 11.5 Å². The lowest BCUT2D eigenvalue weighted by atomic mass is 10.1. The van der Waals surface area contributed by atoms with Gasteiger partial charge in [0.15, 0.2) is 16.6 Å². The summed E-state index contributed by atoms with van der Waals surface area (Å²) in [6.45, 7) is 1.95. The van der Waals surface area contributed by atoms with Crippen LogP contribution in [0.4, 0.5) is 5.69 Å². The molecule has 3 rings (SSSR count). The van der Waals surface area contributed by atoms with Crippen LogP contribution in [0.25, 0.3) is 6.08 Å². The molecule has 28 heavy (non-hydrogen) atoms. The number of thiocarbonyl (C=S) groups is 1. The molecular formula is C20H17IN2O4S. The van der Waals surface area contributed by atoms with E-state index in [1.807, 2.05) is 19.1 Å². The third kappa shape index (κ3) is 3.88. The maximum Gasteiger partial charge on any atom is 0.270 e. The Morgan fingerprint density at radius 2 is 1.79 bits per heavy atom. The zero-order chi connectivity index (χ0) is 20.4. The Labute approximate surface area is 181 Å². The fourth-order valence-electron chi connectivity index (χ4n) is 2.77.